The largest absolute Gasteiger partial charge is 0.284 e. The minimum atomic E-state index is -0.432. The molecule has 2 aromatic rings. The summed E-state index contributed by atoms with van der Waals surface area (Å²) in [6, 6.07) is 13.1. The van der Waals surface area contributed by atoms with Gasteiger partial charge in [0, 0.05) is 5.56 Å². The molecule has 0 atom stereocenters. The quantitative estimate of drug-likeness (QED) is 0.587. The molecule has 0 amide bonds. The zero-order chi connectivity index (χ0) is 11.5. The topological polar surface area (TPSA) is 34.1 Å². The van der Waals surface area contributed by atoms with Gasteiger partial charge in [-0.25, -0.2) is 0 Å². The summed E-state index contributed by atoms with van der Waals surface area (Å²) in [4.78, 5) is 22.9. The van der Waals surface area contributed by atoms with Crippen molar-refractivity contribution in [2.45, 2.75) is 0 Å². The highest BCUT2D eigenvalue weighted by Crippen LogP contribution is 2.17. The van der Waals surface area contributed by atoms with Gasteiger partial charge in [0.05, 0.1) is 0 Å². The number of Topliss-reactive ketones (excluding diaryl/α,β-unsaturated/α-hetero) is 1. The van der Waals surface area contributed by atoms with Crippen molar-refractivity contribution in [1.29, 1.82) is 0 Å². The maximum absolute atomic E-state index is 11.6. The maximum Gasteiger partial charge on any atom is 0.259 e. The predicted octanol–water partition coefficient (Wildman–Crippen LogP) is 2.91. The molecule has 0 saturated carbocycles. The maximum atomic E-state index is 11.6. The van der Waals surface area contributed by atoms with E-state index < -0.39 is 10.9 Å². The van der Waals surface area contributed by atoms with E-state index in [0.717, 1.165) is 22.5 Å². The molecular weight excluding hydrogens is 220 g/mol. The van der Waals surface area contributed by atoms with Crippen LogP contribution in [0.3, 0.4) is 0 Å². The summed E-state index contributed by atoms with van der Waals surface area (Å²) >= 11 is 0.945. The summed E-state index contributed by atoms with van der Waals surface area (Å²) < 4.78 is 0. The van der Waals surface area contributed by atoms with E-state index in [2.05, 4.69) is 0 Å². The Kier molecular flexibility index (Phi) is 3.06. The first-order chi connectivity index (χ1) is 7.72. The summed E-state index contributed by atoms with van der Waals surface area (Å²) in [5.41, 5.74) is 0.457. The lowest BCUT2D eigenvalue weighted by Crippen LogP contribution is -2.09. The van der Waals surface area contributed by atoms with Gasteiger partial charge >= 0.3 is 0 Å². The molecule has 0 N–H and O–H groups in total. The lowest BCUT2D eigenvalue weighted by molar-refractivity contribution is -0.107. The molecule has 2 rings (SSSR count). The average molecular weight is 230 g/mol. The standard InChI is InChI=1S/C13H10O2S/c1-16-13(15)12(14)11-7-6-9-4-2-3-5-10(9)8-11/h2-8H,1H3. The SMILES string of the molecule is CSC(=O)C(=O)c1ccc2ccccc2c1. The Hall–Kier alpha value is -1.61. The molecule has 0 aliphatic heterocycles. The van der Waals surface area contributed by atoms with Crippen molar-refractivity contribution in [1.82, 2.24) is 0 Å². The van der Waals surface area contributed by atoms with Crippen LogP contribution < -0.4 is 0 Å². The average Bonchev–Trinajstić information content (AvgIpc) is 2.36. The van der Waals surface area contributed by atoms with Gasteiger partial charge in [0.15, 0.2) is 0 Å². The predicted molar refractivity (Wildman–Crippen MR) is 66.8 cm³/mol. The lowest BCUT2D eigenvalue weighted by atomic mass is 10.1. The van der Waals surface area contributed by atoms with Crippen LogP contribution in [-0.4, -0.2) is 17.2 Å². The number of ketones is 1. The van der Waals surface area contributed by atoms with Crippen LogP contribution in [0.25, 0.3) is 10.8 Å². The monoisotopic (exact) mass is 230 g/mol. The van der Waals surface area contributed by atoms with Crippen LogP contribution in [0.5, 0.6) is 0 Å². The molecular formula is C13H10O2S. The van der Waals surface area contributed by atoms with Crippen LogP contribution in [0.2, 0.25) is 0 Å². The van der Waals surface area contributed by atoms with E-state index in [0.29, 0.717) is 5.56 Å². The van der Waals surface area contributed by atoms with E-state index >= 15 is 0 Å². The van der Waals surface area contributed by atoms with Gasteiger partial charge in [-0.3, -0.25) is 9.59 Å². The highest BCUT2D eigenvalue weighted by molar-refractivity contribution is 8.14. The van der Waals surface area contributed by atoms with E-state index in [9.17, 15) is 9.59 Å². The molecule has 3 heteroatoms. The number of carbonyl (C=O) groups is 2. The van der Waals surface area contributed by atoms with E-state index in [1.54, 1.807) is 18.4 Å². The van der Waals surface area contributed by atoms with Crippen molar-refractivity contribution in [3.05, 3.63) is 48.0 Å². The molecule has 80 valence electrons. The van der Waals surface area contributed by atoms with Crippen molar-refractivity contribution in [3.8, 4) is 0 Å². The minimum Gasteiger partial charge on any atom is -0.284 e. The van der Waals surface area contributed by atoms with Gasteiger partial charge in [0.25, 0.3) is 5.12 Å². The van der Waals surface area contributed by atoms with Crippen LogP contribution in [0.4, 0.5) is 0 Å². The summed E-state index contributed by atoms with van der Waals surface area (Å²) in [5, 5.41) is 1.62. The Morgan fingerprint density at radius 2 is 1.69 bits per heavy atom. The summed E-state index contributed by atoms with van der Waals surface area (Å²) in [5.74, 6) is -0.432. The third-order valence-electron chi connectivity index (χ3n) is 2.38. The number of carbonyl (C=O) groups excluding carboxylic acids is 2. The van der Waals surface area contributed by atoms with Crippen molar-refractivity contribution >= 4 is 33.4 Å². The van der Waals surface area contributed by atoms with Crippen LogP contribution in [-0.2, 0) is 4.79 Å². The van der Waals surface area contributed by atoms with Gasteiger partial charge in [-0.1, -0.05) is 48.2 Å². The first-order valence-corrected chi connectivity index (χ1v) is 6.06. The number of thioether (sulfide) groups is 1. The second kappa shape index (κ2) is 4.49. The Labute approximate surface area is 97.7 Å². The number of fused-ring (bicyclic) bond motifs is 1. The van der Waals surface area contributed by atoms with E-state index in [1.807, 2.05) is 30.3 Å². The zero-order valence-corrected chi connectivity index (χ0v) is 9.58. The Balaban J connectivity index is 2.47. The van der Waals surface area contributed by atoms with E-state index in [-0.39, 0.29) is 0 Å². The summed E-state index contributed by atoms with van der Waals surface area (Å²) in [7, 11) is 0. The Morgan fingerprint density at radius 3 is 2.38 bits per heavy atom. The fourth-order valence-electron chi connectivity index (χ4n) is 1.54. The second-order valence-electron chi connectivity index (χ2n) is 3.38. The second-order valence-corrected chi connectivity index (χ2v) is 4.16. The molecule has 0 aliphatic carbocycles. The first-order valence-electron chi connectivity index (χ1n) is 4.84. The number of benzene rings is 2. The van der Waals surface area contributed by atoms with E-state index in [4.69, 9.17) is 0 Å². The van der Waals surface area contributed by atoms with Gasteiger partial charge in [-0.2, -0.15) is 0 Å². The van der Waals surface area contributed by atoms with Crippen molar-refractivity contribution in [3.63, 3.8) is 0 Å². The highest BCUT2D eigenvalue weighted by Gasteiger charge is 2.14. The molecule has 0 aliphatic rings. The van der Waals surface area contributed by atoms with E-state index in [1.165, 1.54) is 0 Å². The summed E-state index contributed by atoms with van der Waals surface area (Å²) in [6.07, 6.45) is 1.61. The zero-order valence-electron chi connectivity index (χ0n) is 8.77. The molecule has 2 aromatic carbocycles. The van der Waals surface area contributed by atoms with Crippen LogP contribution in [0, 0.1) is 0 Å². The fraction of sp³-hybridized carbons (Fsp3) is 0.0769. The molecule has 0 aromatic heterocycles. The normalized spacial score (nSPS) is 10.3. The first kappa shape index (κ1) is 10.9. The molecule has 2 nitrogen and oxygen atoms in total. The van der Waals surface area contributed by atoms with Gasteiger partial charge in [-0.05, 0) is 23.1 Å². The van der Waals surface area contributed by atoms with Crippen LogP contribution in [0.1, 0.15) is 10.4 Å². The van der Waals surface area contributed by atoms with Crippen LogP contribution in [0.15, 0.2) is 42.5 Å². The third kappa shape index (κ3) is 1.99. The number of hydrogen-bond acceptors (Lipinski definition) is 3. The summed E-state index contributed by atoms with van der Waals surface area (Å²) in [6.45, 7) is 0. The minimum absolute atomic E-state index is 0.421. The molecule has 16 heavy (non-hydrogen) atoms. The molecule has 0 heterocycles. The Bertz CT molecular complexity index is 561. The van der Waals surface area contributed by atoms with Gasteiger partial charge < -0.3 is 0 Å². The highest BCUT2D eigenvalue weighted by atomic mass is 32.2. The molecule has 0 saturated heterocycles. The third-order valence-corrected chi connectivity index (χ3v) is 2.94. The van der Waals surface area contributed by atoms with Crippen LogP contribution >= 0.6 is 11.8 Å². The molecule has 0 bridgehead atoms. The lowest BCUT2D eigenvalue weighted by Gasteiger charge is -2.01. The molecule has 0 radical (unpaired) electrons. The van der Waals surface area contributed by atoms with Gasteiger partial charge in [-0.15, -0.1) is 0 Å². The molecule has 0 fully saturated rings. The van der Waals surface area contributed by atoms with Crippen molar-refractivity contribution in [2.24, 2.45) is 0 Å². The Morgan fingerprint density at radius 1 is 1.00 bits per heavy atom. The number of hydrogen-bond donors (Lipinski definition) is 0. The van der Waals surface area contributed by atoms with Crippen molar-refractivity contribution < 1.29 is 9.59 Å². The van der Waals surface area contributed by atoms with Gasteiger partial charge in [0.1, 0.15) is 0 Å². The molecule has 0 spiro atoms. The fourth-order valence-corrected chi connectivity index (χ4v) is 1.84. The number of rotatable bonds is 2. The smallest absolute Gasteiger partial charge is 0.259 e. The van der Waals surface area contributed by atoms with Crippen molar-refractivity contribution in [2.75, 3.05) is 6.26 Å². The van der Waals surface area contributed by atoms with Gasteiger partial charge in [0.2, 0.25) is 5.78 Å². The molecule has 0 unspecified atom stereocenters.